The molecule has 0 radical (unpaired) electrons. The Labute approximate surface area is 128 Å². The zero-order chi connectivity index (χ0) is 12.7. The van der Waals surface area contributed by atoms with Crippen molar-refractivity contribution in [1.29, 1.82) is 0 Å². The average molecular weight is 415 g/mol. The number of hydrogen-bond donors (Lipinski definition) is 1. The molecule has 0 amide bonds. The van der Waals surface area contributed by atoms with Crippen LogP contribution in [0.4, 0.5) is 0 Å². The fourth-order valence-electron chi connectivity index (χ4n) is 2.36. The summed E-state index contributed by atoms with van der Waals surface area (Å²) in [7, 11) is 0. The maximum atomic E-state index is 3.74. The van der Waals surface area contributed by atoms with Crippen molar-refractivity contribution in [3.05, 3.63) is 0 Å². The van der Waals surface area contributed by atoms with Gasteiger partial charge in [0.25, 0.3) is 0 Å². The predicted molar refractivity (Wildman–Crippen MR) is 85.9 cm³/mol. The van der Waals surface area contributed by atoms with Crippen molar-refractivity contribution >= 4 is 42.8 Å². The number of nitrogens with zero attached hydrogens (tertiary/aromatic N) is 1. The minimum absolute atomic E-state index is 0.288. The van der Waals surface area contributed by atoms with Crippen LogP contribution < -0.4 is 5.32 Å². The van der Waals surface area contributed by atoms with Gasteiger partial charge >= 0.3 is 128 Å². The van der Waals surface area contributed by atoms with Crippen LogP contribution in [0.1, 0.15) is 58.8 Å². The van der Waals surface area contributed by atoms with E-state index >= 15 is 0 Å². The summed E-state index contributed by atoms with van der Waals surface area (Å²) in [6.07, 6.45) is 9.15. The van der Waals surface area contributed by atoms with E-state index in [0.29, 0.717) is 0 Å². The molecule has 1 aliphatic carbocycles. The number of hydrogen-bond acceptors (Lipinski definition) is 2. The van der Waals surface area contributed by atoms with Gasteiger partial charge in [-0.1, -0.05) is 0 Å². The van der Waals surface area contributed by atoms with Crippen LogP contribution in [0, 0.1) is 0 Å². The average Bonchev–Trinajstić information content (AvgIpc) is 2.29. The van der Waals surface area contributed by atoms with Crippen molar-refractivity contribution in [2.45, 2.75) is 62.3 Å². The van der Waals surface area contributed by atoms with E-state index in [9.17, 15) is 0 Å². The van der Waals surface area contributed by atoms with Crippen LogP contribution in [0.2, 0.25) is 0 Å². The Bertz CT molecular complexity index is 234. The summed E-state index contributed by atoms with van der Waals surface area (Å²) < 4.78 is 1.54. The van der Waals surface area contributed by atoms with Gasteiger partial charge in [-0.2, -0.15) is 0 Å². The second-order valence-corrected chi connectivity index (χ2v) is 7.82. The maximum absolute atomic E-state index is 3.74. The van der Waals surface area contributed by atoms with E-state index in [4.69, 9.17) is 0 Å². The zero-order valence-electron chi connectivity index (χ0n) is 11.1. The number of halogens is 1. The van der Waals surface area contributed by atoms with Gasteiger partial charge in [0.05, 0.1) is 0 Å². The van der Waals surface area contributed by atoms with E-state index in [2.05, 4.69) is 62.2 Å². The Balaban J connectivity index is 2.49. The van der Waals surface area contributed by atoms with E-state index in [1.165, 1.54) is 49.6 Å². The van der Waals surface area contributed by atoms with Gasteiger partial charge in [-0.25, -0.2) is 0 Å². The Morgan fingerprint density at radius 2 is 1.71 bits per heavy atom. The van der Waals surface area contributed by atoms with Crippen molar-refractivity contribution in [3.63, 3.8) is 0 Å². The molecule has 17 heavy (non-hydrogen) atoms. The second kappa shape index (κ2) is 8.00. The van der Waals surface area contributed by atoms with Crippen LogP contribution in [-0.4, -0.2) is 41.8 Å². The molecule has 0 spiro atoms. The molecule has 1 N–H and O–H groups in total. The molecule has 0 aromatic rings. The van der Waals surface area contributed by atoms with Gasteiger partial charge in [0, 0.05) is 0 Å². The first-order chi connectivity index (χ1) is 8.11. The number of rotatable bonds is 7. The van der Waals surface area contributed by atoms with E-state index in [0.717, 1.165) is 13.1 Å². The summed E-state index contributed by atoms with van der Waals surface area (Å²) >= 11 is 5.86. The molecule has 1 aliphatic rings. The molecule has 100 valence electrons. The van der Waals surface area contributed by atoms with Crippen LogP contribution >= 0.6 is 22.6 Å². The molecule has 0 heterocycles. The summed E-state index contributed by atoms with van der Waals surface area (Å²) in [5, 5.41) is 3.74. The molecule has 0 aromatic heterocycles. The molecule has 0 aliphatic heterocycles. The Kier molecular flexibility index (Phi) is 7.43. The standard InChI is InChI=1S/C13H25IN2Se/c1-3-10-16(11-4-2)12(17)15-13(14)8-6-5-7-9-13/h3-11H2,1-2H3,(H,15,17). The van der Waals surface area contributed by atoms with Crippen molar-refractivity contribution in [1.82, 2.24) is 10.2 Å². The van der Waals surface area contributed by atoms with Gasteiger partial charge in [0.2, 0.25) is 0 Å². The van der Waals surface area contributed by atoms with Crippen LogP contribution in [0.5, 0.6) is 0 Å². The third-order valence-corrected chi connectivity index (χ3v) is 5.36. The third kappa shape index (κ3) is 5.48. The first-order valence-corrected chi connectivity index (χ1v) is 8.81. The van der Waals surface area contributed by atoms with Gasteiger partial charge in [0.1, 0.15) is 0 Å². The molecule has 1 fully saturated rings. The molecule has 4 heteroatoms. The molecule has 0 saturated heterocycles. The zero-order valence-corrected chi connectivity index (χ0v) is 15.0. The Morgan fingerprint density at radius 3 is 2.18 bits per heavy atom. The van der Waals surface area contributed by atoms with Crippen LogP contribution in [0.15, 0.2) is 0 Å². The fourth-order valence-corrected chi connectivity index (χ4v) is 4.58. The summed E-state index contributed by atoms with van der Waals surface area (Å²) in [6.45, 7) is 6.79. The topological polar surface area (TPSA) is 15.3 Å². The monoisotopic (exact) mass is 416 g/mol. The molecule has 1 saturated carbocycles. The van der Waals surface area contributed by atoms with Crippen molar-refractivity contribution in [2.24, 2.45) is 0 Å². The van der Waals surface area contributed by atoms with E-state index < -0.39 is 0 Å². The van der Waals surface area contributed by atoms with Crippen LogP contribution in [0.25, 0.3) is 0 Å². The summed E-state index contributed by atoms with van der Waals surface area (Å²) in [4.78, 5) is 2.45. The molecule has 0 aromatic carbocycles. The van der Waals surface area contributed by atoms with Crippen LogP contribution in [-0.2, 0) is 0 Å². The van der Waals surface area contributed by atoms with Gasteiger partial charge < -0.3 is 0 Å². The van der Waals surface area contributed by atoms with Crippen LogP contribution in [0.3, 0.4) is 0 Å². The summed E-state index contributed by atoms with van der Waals surface area (Å²) in [6, 6.07) is 0. The molecule has 0 bridgehead atoms. The van der Waals surface area contributed by atoms with Gasteiger partial charge in [-0.3, -0.25) is 0 Å². The predicted octanol–water partition coefficient (Wildman–Crippen LogP) is 3.05. The Morgan fingerprint density at radius 1 is 1.18 bits per heavy atom. The first kappa shape index (κ1) is 15.8. The van der Waals surface area contributed by atoms with Gasteiger partial charge in [0.15, 0.2) is 0 Å². The molecule has 1 rings (SSSR count). The minimum atomic E-state index is 0.288. The molecular weight excluding hydrogens is 390 g/mol. The number of alkyl halides is 1. The van der Waals surface area contributed by atoms with Crippen molar-refractivity contribution in [3.8, 4) is 0 Å². The van der Waals surface area contributed by atoms with E-state index in [-0.39, 0.29) is 3.55 Å². The van der Waals surface area contributed by atoms with E-state index in [1.54, 1.807) is 0 Å². The summed E-state index contributed by atoms with van der Waals surface area (Å²) in [5.74, 6) is 0. The van der Waals surface area contributed by atoms with Gasteiger partial charge in [-0.05, 0) is 0 Å². The van der Waals surface area contributed by atoms with E-state index in [1.807, 2.05) is 0 Å². The Hall–Kier alpha value is 0.719. The molecule has 2 nitrogen and oxygen atoms in total. The first-order valence-electron chi connectivity index (χ1n) is 6.87. The molecule has 0 unspecified atom stereocenters. The fraction of sp³-hybridized carbons (Fsp3) is 0.923. The van der Waals surface area contributed by atoms with Crippen molar-refractivity contribution < 1.29 is 0 Å². The SMILES string of the molecule is CCCN(CCC)C(=[Se])NC1(I)CCCCC1. The molecule has 0 atom stereocenters. The second-order valence-electron chi connectivity index (χ2n) is 4.94. The number of nitrogens with one attached hydrogen (secondary N) is 1. The molecular formula is C13H25IN2Se. The normalized spacial score (nSPS) is 18.8. The summed E-state index contributed by atoms with van der Waals surface area (Å²) in [5.41, 5.74) is 0. The quantitative estimate of drug-likeness (QED) is 0.298. The van der Waals surface area contributed by atoms with Gasteiger partial charge in [-0.15, -0.1) is 0 Å². The third-order valence-electron chi connectivity index (χ3n) is 3.25. The van der Waals surface area contributed by atoms with Crippen molar-refractivity contribution in [2.75, 3.05) is 13.1 Å².